The molecule has 1 amide bonds. The van der Waals surface area contributed by atoms with Crippen molar-refractivity contribution in [3.63, 3.8) is 0 Å². The average Bonchev–Trinajstić information content (AvgIpc) is 3.39. The van der Waals surface area contributed by atoms with Gasteiger partial charge in [-0.05, 0) is 29.7 Å². The molecule has 6 nitrogen and oxygen atoms in total. The maximum absolute atomic E-state index is 12.0. The summed E-state index contributed by atoms with van der Waals surface area (Å²) in [4.78, 5) is 17.2. The molecule has 0 aliphatic carbocycles. The lowest BCUT2D eigenvalue weighted by Gasteiger charge is -2.12. The summed E-state index contributed by atoms with van der Waals surface area (Å²) >= 11 is 0. The second-order valence-electron chi connectivity index (χ2n) is 6.13. The number of carbonyl (C=O) groups excluding carboxylic acids is 1. The third-order valence-corrected chi connectivity index (χ3v) is 4.29. The first kappa shape index (κ1) is 16.5. The van der Waals surface area contributed by atoms with Gasteiger partial charge in [-0.2, -0.15) is 0 Å². The van der Waals surface area contributed by atoms with Crippen molar-refractivity contribution in [1.82, 2.24) is 15.3 Å². The van der Waals surface area contributed by atoms with E-state index in [0.717, 1.165) is 23.1 Å². The van der Waals surface area contributed by atoms with Gasteiger partial charge in [-0.1, -0.05) is 42.5 Å². The number of hydroxylamine groups is 2. The number of hydrogen-bond acceptors (Lipinski definition) is 5. The minimum absolute atomic E-state index is 0.0468. The summed E-state index contributed by atoms with van der Waals surface area (Å²) in [5, 5.41) is 9.55. The second-order valence-corrected chi connectivity index (χ2v) is 6.13. The van der Waals surface area contributed by atoms with Gasteiger partial charge in [0.15, 0.2) is 0 Å². The van der Waals surface area contributed by atoms with Crippen LogP contribution in [0.4, 0.5) is 0 Å². The maximum atomic E-state index is 12.0. The fourth-order valence-corrected chi connectivity index (χ4v) is 2.89. The van der Waals surface area contributed by atoms with Gasteiger partial charge in [-0.3, -0.25) is 9.63 Å². The third kappa shape index (κ3) is 3.65. The van der Waals surface area contributed by atoms with Crippen LogP contribution in [-0.2, 0) is 16.1 Å². The second kappa shape index (κ2) is 7.49. The maximum Gasteiger partial charge on any atom is 0.247 e. The summed E-state index contributed by atoms with van der Waals surface area (Å²) in [7, 11) is 0. The van der Waals surface area contributed by atoms with Crippen LogP contribution in [0.3, 0.4) is 0 Å². The van der Waals surface area contributed by atoms with Gasteiger partial charge in [-0.15, -0.1) is 10.2 Å². The zero-order chi connectivity index (χ0) is 17.8. The molecular formula is C20H19N3O3. The standard InChI is InChI=1S/C20H19N3O3/c24-19(23-13-4-14-25-23)12-11-18-21-22-20(26-18)17-9-7-16(8-10-17)15-5-2-1-3-6-15/h1-3,5-10H,4,11-14H2. The van der Waals surface area contributed by atoms with Crippen molar-refractivity contribution < 1.29 is 14.0 Å². The minimum Gasteiger partial charge on any atom is -0.421 e. The van der Waals surface area contributed by atoms with Crippen molar-refractivity contribution in [3.05, 3.63) is 60.5 Å². The van der Waals surface area contributed by atoms with Crippen molar-refractivity contribution in [3.8, 4) is 22.6 Å². The molecule has 0 bridgehead atoms. The van der Waals surface area contributed by atoms with Gasteiger partial charge in [0.05, 0.1) is 13.2 Å². The predicted octanol–water partition coefficient (Wildman–Crippen LogP) is 3.50. The summed E-state index contributed by atoms with van der Waals surface area (Å²) in [6.07, 6.45) is 1.60. The number of aromatic nitrogens is 2. The quantitative estimate of drug-likeness (QED) is 0.705. The number of rotatable bonds is 5. The Morgan fingerprint density at radius 2 is 1.69 bits per heavy atom. The molecule has 0 unspecified atom stereocenters. The molecule has 1 saturated heterocycles. The smallest absolute Gasteiger partial charge is 0.247 e. The molecule has 1 fully saturated rings. The molecule has 0 spiro atoms. The fourth-order valence-electron chi connectivity index (χ4n) is 2.89. The number of benzene rings is 2. The Balaban J connectivity index is 1.40. The van der Waals surface area contributed by atoms with Crippen LogP contribution in [0.25, 0.3) is 22.6 Å². The molecule has 2 aromatic carbocycles. The van der Waals surface area contributed by atoms with Crippen molar-refractivity contribution in [1.29, 1.82) is 0 Å². The van der Waals surface area contributed by atoms with Crippen LogP contribution in [-0.4, -0.2) is 34.3 Å². The Kier molecular flexibility index (Phi) is 4.75. The molecule has 0 atom stereocenters. The van der Waals surface area contributed by atoms with Crippen LogP contribution in [0, 0.1) is 0 Å². The van der Waals surface area contributed by atoms with Gasteiger partial charge in [0, 0.05) is 18.4 Å². The first-order valence-electron chi connectivity index (χ1n) is 8.71. The van der Waals surface area contributed by atoms with E-state index in [0.29, 0.717) is 37.8 Å². The van der Waals surface area contributed by atoms with Gasteiger partial charge in [0.1, 0.15) is 0 Å². The van der Waals surface area contributed by atoms with E-state index < -0.39 is 0 Å². The zero-order valence-electron chi connectivity index (χ0n) is 14.3. The molecule has 1 aromatic heterocycles. The lowest BCUT2D eigenvalue weighted by molar-refractivity contribution is -0.168. The number of aryl methyl sites for hydroxylation is 1. The minimum atomic E-state index is -0.0468. The summed E-state index contributed by atoms with van der Waals surface area (Å²) in [6.45, 7) is 1.26. The Morgan fingerprint density at radius 3 is 2.42 bits per heavy atom. The van der Waals surface area contributed by atoms with Gasteiger partial charge in [-0.25, -0.2) is 5.06 Å². The van der Waals surface area contributed by atoms with E-state index in [4.69, 9.17) is 9.25 Å². The van der Waals surface area contributed by atoms with Gasteiger partial charge in [0.2, 0.25) is 17.7 Å². The van der Waals surface area contributed by atoms with E-state index in [2.05, 4.69) is 22.3 Å². The first-order valence-corrected chi connectivity index (χ1v) is 8.71. The zero-order valence-corrected chi connectivity index (χ0v) is 14.3. The molecular weight excluding hydrogens is 330 g/mol. The van der Waals surface area contributed by atoms with Crippen molar-refractivity contribution in [2.45, 2.75) is 19.3 Å². The monoisotopic (exact) mass is 349 g/mol. The van der Waals surface area contributed by atoms with E-state index in [1.54, 1.807) is 0 Å². The molecule has 6 heteroatoms. The van der Waals surface area contributed by atoms with Crippen LogP contribution >= 0.6 is 0 Å². The summed E-state index contributed by atoms with van der Waals surface area (Å²) in [6, 6.07) is 18.2. The van der Waals surface area contributed by atoms with E-state index in [-0.39, 0.29) is 5.91 Å². The van der Waals surface area contributed by atoms with Crippen LogP contribution in [0.5, 0.6) is 0 Å². The summed E-state index contributed by atoms with van der Waals surface area (Å²) in [5.74, 6) is 0.874. The van der Waals surface area contributed by atoms with Crippen molar-refractivity contribution in [2.24, 2.45) is 0 Å². The fraction of sp³-hybridized carbons (Fsp3) is 0.250. The van der Waals surface area contributed by atoms with E-state index >= 15 is 0 Å². The number of hydrogen-bond donors (Lipinski definition) is 0. The van der Waals surface area contributed by atoms with Gasteiger partial charge in [0.25, 0.3) is 0 Å². The lowest BCUT2D eigenvalue weighted by atomic mass is 10.0. The molecule has 0 radical (unpaired) electrons. The normalized spacial score (nSPS) is 13.9. The van der Waals surface area contributed by atoms with E-state index in [1.807, 2.05) is 42.5 Å². The molecule has 1 aliphatic heterocycles. The van der Waals surface area contributed by atoms with Crippen LogP contribution in [0.2, 0.25) is 0 Å². The topological polar surface area (TPSA) is 68.5 Å². The molecule has 26 heavy (non-hydrogen) atoms. The molecule has 3 aromatic rings. The highest BCUT2D eigenvalue weighted by Crippen LogP contribution is 2.24. The molecule has 0 saturated carbocycles. The highest BCUT2D eigenvalue weighted by molar-refractivity contribution is 5.75. The number of amides is 1. The van der Waals surface area contributed by atoms with E-state index in [9.17, 15) is 4.79 Å². The third-order valence-electron chi connectivity index (χ3n) is 4.29. The number of nitrogens with zero attached hydrogens (tertiary/aromatic N) is 3. The molecule has 1 aliphatic rings. The number of carbonyl (C=O) groups is 1. The van der Waals surface area contributed by atoms with Crippen LogP contribution < -0.4 is 0 Å². The molecule has 4 rings (SSSR count). The van der Waals surface area contributed by atoms with Crippen LogP contribution in [0.1, 0.15) is 18.7 Å². The molecule has 0 N–H and O–H groups in total. The highest BCUT2D eigenvalue weighted by atomic mass is 16.7. The van der Waals surface area contributed by atoms with Crippen LogP contribution in [0.15, 0.2) is 59.0 Å². The average molecular weight is 349 g/mol. The highest BCUT2D eigenvalue weighted by Gasteiger charge is 2.20. The molecule has 132 valence electrons. The summed E-state index contributed by atoms with van der Waals surface area (Å²) < 4.78 is 5.69. The Bertz CT molecular complexity index is 869. The Morgan fingerprint density at radius 1 is 0.962 bits per heavy atom. The predicted molar refractivity (Wildman–Crippen MR) is 95.8 cm³/mol. The Hall–Kier alpha value is -2.99. The van der Waals surface area contributed by atoms with E-state index in [1.165, 1.54) is 5.06 Å². The lowest BCUT2D eigenvalue weighted by Crippen LogP contribution is -2.26. The summed E-state index contributed by atoms with van der Waals surface area (Å²) in [5.41, 5.74) is 3.15. The first-order chi connectivity index (χ1) is 12.8. The van der Waals surface area contributed by atoms with Crippen molar-refractivity contribution >= 4 is 5.91 Å². The Labute approximate surface area is 151 Å². The van der Waals surface area contributed by atoms with Gasteiger partial charge < -0.3 is 4.42 Å². The van der Waals surface area contributed by atoms with Gasteiger partial charge >= 0.3 is 0 Å². The largest absolute Gasteiger partial charge is 0.421 e. The van der Waals surface area contributed by atoms with Crippen molar-refractivity contribution in [2.75, 3.05) is 13.2 Å². The molecule has 2 heterocycles. The SMILES string of the molecule is O=C(CCc1nnc(-c2ccc(-c3ccccc3)cc2)o1)N1CCCO1.